The van der Waals surface area contributed by atoms with Crippen molar-refractivity contribution >= 4 is 6.03 Å². The van der Waals surface area contributed by atoms with E-state index in [2.05, 4.69) is 12.1 Å². The fraction of sp³-hybridized carbons (Fsp3) is 0.235. The van der Waals surface area contributed by atoms with Crippen molar-refractivity contribution in [2.75, 3.05) is 0 Å². The molecule has 0 saturated heterocycles. The van der Waals surface area contributed by atoms with Gasteiger partial charge in [0.25, 0.3) is 0 Å². The molecule has 2 aromatic rings. The summed E-state index contributed by atoms with van der Waals surface area (Å²) in [5.74, 6) is 0. The Kier molecular flexibility index (Phi) is 4.95. The number of carbonyl (C=O) groups is 1. The Morgan fingerprint density at radius 1 is 1.05 bits per heavy atom. The van der Waals surface area contributed by atoms with Crippen LogP contribution in [0.4, 0.5) is 4.79 Å². The minimum Gasteiger partial charge on any atom is -0.350 e. The average Bonchev–Trinajstić information content (AvgIpc) is 2.53. The maximum absolute atomic E-state index is 10.9. The molecule has 110 valence electrons. The van der Waals surface area contributed by atoms with Crippen molar-refractivity contribution in [1.29, 1.82) is 0 Å². The third-order valence-corrected chi connectivity index (χ3v) is 3.60. The molecule has 0 aliphatic rings. The summed E-state index contributed by atoms with van der Waals surface area (Å²) >= 11 is 0. The van der Waals surface area contributed by atoms with E-state index in [4.69, 9.17) is 5.73 Å². The fourth-order valence-corrected chi connectivity index (χ4v) is 2.23. The van der Waals surface area contributed by atoms with Crippen molar-refractivity contribution in [3.8, 4) is 0 Å². The molecular weight excluding hydrogens is 264 g/mol. The Bertz CT molecular complexity index is 581. The van der Waals surface area contributed by atoms with E-state index in [0.29, 0.717) is 5.06 Å². The van der Waals surface area contributed by atoms with Crippen molar-refractivity contribution < 1.29 is 10.0 Å². The van der Waals surface area contributed by atoms with Crippen molar-refractivity contribution in [2.45, 2.75) is 25.8 Å². The number of amides is 2. The fourth-order valence-electron chi connectivity index (χ4n) is 2.23. The average molecular weight is 284 g/mol. The number of nitrogens with zero attached hydrogens (tertiary/aromatic N) is 1. The van der Waals surface area contributed by atoms with Gasteiger partial charge in [-0.1, -0.05) is 54.6 Å². The summed E-state index contributed by atoms with van der Waals surface area (Å²) in [6.45, 7) is 1.73. The zero-order chi connectivity index (χ0) is 15.2. The first-order valence-corrected chi connectivity index (χ1v) is 6.98. The molecule has 3 N–H and O–H groups in total. The molecule has 1 atom stereocenters. The summed E-state index contributed by atoms with van der Waals surface area (Å²) in [5.41, 5.74) is 8.43. The van der Waals surface area contributed by atoms with Crippen LogP contribution in [0.25, 0.3) is 0 Å². The normalized spacial score (nSPS) is 11.9. The standard InChI is InChI=1S/C17H20N2O2/c1-13(19(21)17(18)20)16-11-9-15(10-12-16)8-7-14-5-3-2-4-6-14/h2-6,9-13,21H,7-8H2,1H3,(H2,18,20). The van der Waals surface area contributed by atoms with E-state index < -0.39 is 12.1 Å². The summed E-state index contributed by atoms with van der Waals surface area (Å²) in [6, 6.07) is 16.9. The number of primary amides is 1. The molecule has 0 fully saturated rings. The van der Waals surface area contributed by atoms with Gasteiger partial charge in [-0.15, -0.1) is 0 Å². The number of nitrogens with two attached hydrogens (primary N) is 1. The quantitative estimate of drug-likeness (QED) is 0.653. The van der Waals surface area contributed by atoms with E-state index in [1.807, 2.05) is 42.5 Å². The Labute approximate surface area is 124 Å². The number of hydrogen-bond acceptors (Lipinski definition) is 2. The van der Waals surface area contributed by atoms with Crippen LogP contribution in [-0.2, 0) is 12.8 Å². The van der Waals surface area contributed by atoms with Gasteiger partial charge < -0.3 is 5.73 Å². The van der Waals surface area contributed by atoms with Crippen molar-refractivity contribution in [3.63, 3.8) is 0 Å². The predicted molar refractivity (Wildman–Crippen MR) is 81.9 cm³/mol. The molecule has 0 saturated carbocycles. The van der Waals surface area contributed by atoms with Crippen molar-refractivity contribution in [3.05, 3.63) is 71.3 Å². The van der Waals surface area contributed by atoms with Gasteiger partial charge >= 0.3 is 6.03 Å². The molecule has 0 aliphatic heterocycles. The van der Waals surface area contributed by atoms with Crippen LogP contribution in [0.15, 0.2) is 54.6 Å². The second kappa shape index (κ2) is 6.90. The Morgan fingerprint density at radius 3 is 2.10 bits per heavy atom. The van der Waals surface area contributed by atoms with Crippen LogP contribution >= 0.6 is 0 Å². The van der Waals surface area contributed by atoms with Gasteiger partial charge in [0.15, 0.2) is 0 Å². The number of hydroxylamine groups is 2. The van der Waals surface area contributed by atoms with Gasteiger partial charge in [0.2, 0.25) is 0 Å². The zero-order valence-electron chi connectivity index (χ0n) is 12.1. The molecule has 0 heterocycles. The van der Waals surface area contributed by atoms with Crippen LogP contribution in [0.1, 0.15) is 29.7 Å². The lowest BCUT2D eigenvalue weighted by Gasteiger charge is -2.20. The van der Waals surface area contributed by atoms with Crippen LogP contribution in [0, 0.1) is 0 Å². The predicted octanol–water partition coefficient (Wildman–Crippen LogP) is 3.30. The minimum atomic E-state index is -0.851. The molecular formula is C17H20N2O2. The molecule has 1 unspecified atom stereocenters. The van der Waals surface area contributed by atoms with Crippen molar-refractivity contribution in [1.82, 2.24) is 5.06 Å². The number of urea groups is 1. The second-order valence-corrected chi connectivity index (χ2v) is 5.09. The summed E-state index contributed by atoms with van der Waals surface area (Å²) in [6.07, 6.45) is 1.94. The topological polar surface area (TPSA) is 66.6 Å². The molecule has 0 radical (unpaired) electrons. The van der Waals surface area contributed by atoms with Gasteiger partial charge in [-0.3, -0.25) is 5.21 Å². The SMILES string of the molecule is CC(c1ccc(CCc2ccccc2)cc1)N(O)C(N)=O. The van der Waals surface area contributed by atoms with Gasteiger partial charge in [0, 0.05) is 0 Å². The summed E-state index contributed by atoms with van der Waals surface area (Å²) in [5, 5.41) is 10.1. The highest BCUT2D eigenvalue weighted by molar-refractivity contribution is 5.71. The number of hydrogen-bond donors (Lipinski definition) is 2. The summed E-state index contributed by atoms with van der Waals surface area (Å²) in [4.78, 5) is 10.9. The van der Waals surface area contributed by atoms with Gasteiger partial charge in [0.1, 0.15) is 0 Å². The van der Waals surface area contributed by atoms with Gasteiger partial charge in [0.05, 0.1) is 6.04 Å². The lowest BCUT2D eigenvalue weighted by molar-refractivity contribution is -0.0709. The van der Waals surface area contributed by atoms with E-state index in [1.54, 1.807) is 6.92 Å². The molecule has 4 nitrogen and oxygen atoms in total. The maximum atomic E-state index is 10.9. The van der Waals surface area contributed by atoms with Crippen LogP contribution in [0.5, 0.6) is 0 Å². The molecule has 0 spiro atoms. The van der Waals surface area contributed by atoms with Gasteiger partial charge in [-0.05, 0) is 36.5 Å². The highest BCUT2D eigenvalue weighted by atomic mass is 16.5. The highest BCUT2D eigenvalue weighted by Gasteiger charge is 2.16. The molecule has 0 aliphatic carbocycles. The Balaban J connectivity index is 1.97. The third-order valence-electron chi connectivity index (χ3n) is 3.60. The summed E-state index contributed by atoms with van der Waals surface area (Å²) < 4.78 is 0. The minimum absolute atomic E-state index is 0.453. The second-order valence-electron chi connectivity index (χ2n) is 5.09. The molecule has 21 heavy (non-hydrogen) atoms. The maximum Gasteiger partial charge on any atom is 0.339 e. The van der Waals surface area contributed by atoms with Crippen molar-refractivity contribution in [2.24, 2.45) is 5.73 Å². The third kappa shape index (κ3) is 4.07. The van der Waals surface area contributed by atoms with Gasteiger partial charge in [-0.2, -0.15) is 5.06 Å². The molecule has 2 rings (SSSR count). The van der Waals surface area contributed by atoms with E-state index in [1.165, 1.54) is 11.1 Å². The molecule has 0 bridgehead atoms. The lowest BCUT2D eigenvalue weighted by atomic mass is 10.0. The van der Waals surface area contributed by atoms with E-state index in [9.17, 15) is 10.0 Å². The lowest BCUT2D eigenvalue weighted by Crippen LogP contribution is -2.34. The first-order valence-electron chi connectivity index (χ1n) is 6.98. The molecule has 0 aromatic heterocycles. The smallest absolute Gasteiger partial charge is 0.339 e. The largest absolute Gasteiger partial charge is 0.350 e. The monoisotopic (exact) mass is 284 g/mol. The Hall–Kier alpha value is -2.33. The number of benzene rings is 2. The van der Waals surface area contributed by atoms with E-state index in [-0.39, 0.29) is 0 Å². The highest BCUT2D eigenvalue weighted by Crippen LogP contribution is 2.19. The van der Waals surface area contributed by atoms with Crippen LogP contribution in [-0.4, -0.2) is 16.3 Å². The first kappa shape index (κ1) is 15.1. The van der Waals surface area contributed by atoms with Crippen LogP contribution in [0.2, 0.25) is 0 Å². The summed E-state index contributed by atoms with van der Waals surface area (Å²) in [7, 11) is 0. The molecule has 2 aromatic carbocycles. The molecule has 2 amide bonds. The molecule has 4 heteroatoms. The van der Waals surface area contributed by atoms with Gasteiger partial charge in [-0.25, -0.2) is 4.79 Å². The van der Waals surface area contributed by atoms with Crippen LogP contribution in [0.3, 0.4) is 0 Å². The van der Waals surface area contributed by atoms with E-state index >= 15 is 0 Å². The van der Waals surface area contributed by atoms with E-state index in [0.717, 1.165) is 18.4 Å². The number of rotatable bonds is 5. The number of aryl methyl sites for hydroxylation is 2. The first-order chi connectivity index (χ1) is 10.1. The Morgan fingerprint density at radius 2 is 1.57 bits per heavy atom. The number of carbonyl (C=O) groups excluding carboxylic acids is 1. The van der Waals surface area contributed by atoms with Crippen LogP contribution < -0.4 is 5.73 Å². The zero-order valence-corrected chi connectivity index (χ0v) is 12.1.